The van der Waals surface area contributed by atoms with E-state index in [4.69, 9.17) is 5.11 Å². The summed E-state index contributed by atoms with van der Waals surface area (Å²) in [4.78, 5) is 10.1. The van der Waals surface area contributed by atoms with Gasteiger partial charge in [0.2, 0.25) is 0 Å². The van der Waals surface area contributed by atoms with Gasteiger partial charge in [-0.2, -0.15) is 0 Å². The Morgan fingerprint density at radius 3 is 2.69 bits per heavy atom. The van der Waals surface area contributed by atoms with Crippen molar-refractivity contribution in [2.24, 2.45) is 0 Å². The Kier molecular flexibility index (Phi) is 7.30. The molecule has 0 saturated carbocycles. The molecule has 0 aliphatic carbocycles. The molecule has 0 radical (unpaired) electrons. The van der Waals surface area contributed by atoms with Gasteiger partial charge in [0.25, 0.3) is 0 Å². The number of carbonyl (C=O) groups is 1. The molecule has 0 amide bonds. The summed E-state index contributed by atoms with van der Waals surface area (Å²) in [6, 6.07) is 0. The number of unbranched alkanes of at least 4 members (excludes halogenated alkanes) is 1. The Bertz CT molecular complexity index is 164. The van der Waals surface area contributed by atoms with Crippen LogP contribution in [-0.2, 0) is 4.79 Å². The Labute approximate surface area is 79.1 Å². The van der Waals surface area contributed by atoms with Gasteiger partial charge < -0.3 is 10.2 Å². The third kappa shape index (κ3) is 9.08. The summed E-state index contributed by atoms with van der Waals surface area (Å²) >= 11 is 0. The first-order chi connectivity index (χ1) is 6.16. The lowest BCUT2D eigenvalue weighted by molar-refractivity contribution is -0.131. The van der Waals surface area contributed by atoms with Crippen LogP contribution in [0.1, 0.15) is 39.0 Å². The fourth-order valence-corrected chi connectivity index (χ4v) is 1.06. The number of carboxylic acids is 1. The zero-order chi connectivity index (χ0) is 10.1. The van der Waals surface area contributed by atoms with E-state index in [2.05, 4.69) is 6.92 Å². The van der Waals surface area contributed by atoms with Crippen molar-refractivity contribution in [3.63, 3.8) is 0 Å². The maximum absolute atomic E-state index is 10.1. The molecule has 2 N–H and O–H groups in total. The Morgan fingerprint density at radius 2 is 2.15 bits per heavy atom. The molecule has 1 atom stereocenters. The molecular weight excluding hydrogens is 168 g/mol. The van der Waals surface area contributed by atoms with Gasteiger partial charge in [-0.15, -0.1) is 0 Å². The molecule has 0 bridgehead atoms. The molecule has 0 heterocycles. The van der Waals surface area contributed by atoms with Crippen molar-refractivity contribution in [2.75, 3.05) is 0 Å². The number of hydrogen-bond acceptors (Lipinski definition) is 2. The summed E-state index contributed by atoms with van der Waals surface area (Å²) in [5, 5.41) is 17.6. The van der Waals surface area contributed by atoms with E-state index in [0.717, 1.165) is 25.3 Å². The van der Waals surface area contributed by atoms with E-state index in [1.54, 1.807) is 6.08 Å². The van der Waals surface area contributed by atoms with Crippen LogP contribution in [0.15, 0.2) is 12.2 Å². The van der Waals surface area contributed by atoms with E-state index < -0.39 is 5.97 Å². The van der Waals surface area contributed by atoms with E-state index in [1.807, 2.05) is 0 Å². The van der Waals surface area contributed by atoms with E-state index in [9.17, 15) is 9.90 Å². The number of aliphatic carboxylic acids is 1. The fourth-order valence-electron chi connectivity index (χ4n) is 1.06. The first-order valence-electron chi connectivity index (χ1n) is 4.74. The van der Waals surface area contributed by atoms with E-state index in [0.29, 0.717) is 12.8 Å². The molecule has 0 aliphatic heterocycles. The first-order valence-corrected chi connectivity index (χ1v) is 4.74. The van der Waals surface area contributed by atoms with Crippen LogP contribution in [0.5, 0.6) is 0 Å². The molecule has 0 aromatic heterocycles. The monoisotopic (exact) mass is 186 g/mol. The Hall–Kier alpha value is -0.830. The molecule has 3 heteroatoms. The smallest absolute Gasteiger partial charge is 0.327 e. The zero-order valence-corrected chi connectivity index (χ0v) is 8.07. The topological polar surface area (TPSA) is 57.5 Å². The largest absolute Gasteiger partial charge is 0.478 e. The van der Waals surface area contributed by atoms with Gasteiger partial charge in [-0.25, -0.2) is 4.79 Å². The van der Waals surface area contributed by atoms with Gasteiger partial charge in [-0.3, -0.25) is 0 Å². The summed E-state index contributed by atoms with van der Waals surface area (Å²) in [6.45, 7) is 2.08. The third-order valence-corrected chi connectivity index (χ3v) is 1.82. The average Bonchev–Trinajstić information content (AvgIpc) is 2.08. The van der Waals surface area contributed by atoms with Crippen LogP contribution < -0.4 is 0 Å². The number of aliphatic hydroxyl groups is 1. The van der Waals surface area contributed by atoms with Crippen LogP contribution in [-0.4, -0.2) is 22.3 Å². The van der Waals surface area contributed by atoms with Crippen LogP contribution in [0.3, 0.4) is 0 Å². The minimum Gasteiger partial charge on any atom is -0.478 e. The maximum atomic E-state index is 10.1. The molecule has 0 saturated heterocycles. The Morgan fingerprint density at radius 1 is 1.46 bits per heavy atom. The molecule has 0 fully saturated rings. The highest BCUT2D eigenvalue weighted by Gasteiger charge is 2.00. The molecule has 13 heavy (non-hydrogen) atoms. The minimum absolute atomic E-state index is 0.279. The van der Waals surface area contributed by atoms with E-state index in [1.165, 1.54) is 0 Å². The van der Waals surface area contributed by atoms with Crippen molar-refractivity contribution in [1.29, 1.82) is 0 Å². The van der Waals surface area contributed by atoms with Crippen molar-refractivity contribution in [1.82, 2.24) is 0 Å². The first kappa shape index (κ1) is 12.2. The summed E-state index contributed by atoms with van der Waals surface area (Å²) < 4.78 is 0. The molecule has 0 aromatic carbocycles. The highest BCUT2D eigenvalue weighted by Crippen LogP contribution is 2.06. The van der Waals surface area contributed by atoms with Gasteiger partial charge in [-0.1, -0.05) is 25.8 Å². The molecule has 3 nitrogen and oxygen atoms in total. The van der Waals surface area contributed by atoms with Crippen LogP contribution in [0.4, 0.5) is 0 Å². The summed E-state index contributed by atoms with van der Waals surface area (Å²) in [5.41, 5.74) is 0. The van der Waals surface area contributed by atoms with Crippen molar-refractivity contribution in [2.45, 2.75) is 45.1 Å². The summed E-state index contributed by atoms with van der Waals surface area (Å²) in [7, 11) is 0. The Balaban J connectivity index is 3.36. The van der Waals surface area contributed by atoms with Gasteiger partial charge in [-0.05, 0) is 19.3 Å². The normalized spacial score (nSPS) is 13.4. The van der Waals surface area contributed by atoms with E-state index in [-0.39, 0.29) is 6.10 Å². The number of carboxylic acid groups (broad SMARTS) is 1. The molecule has 0 rings (SSSR count). The number of rotatable bonds is 7. The van der Waals surface area contributed by atoms with E-state index >= 15 is 0 Å². The highest BCUT2D eigenvalue weighted by atomic mass is 16.4. The standard InChI is InChI=1S/C10H18O3/c1-2-3-6-9(11)7-4-5-8-10(12)13/h5,8-9,11H,2-4,6-7H2,1H3,(H,12,13)/b8-5+. The zero-order valence-electron chi connectivity index (χ0n) is 8.07. The second-order valence-electron chi connectivity index (χ2n) is 3.11. The van der Waals surface area contributed by atoms with Crippen LogP contribution in [0.25, 0.3) is 0 Å². The lowest BCUT2D eigenvalue weighted by Gasteiger charge is -2.06. The molecule has 0 aliphatic rings. The third-order valence-electron chi connectivity index (χ3n) is 1.82. The molecule has 1 unspecified atom stereocenters. The summed E-state index contributed by atoms with van der Waals surface area (Å²) in [5.74, 6) is -0.928. The predicted octanol–water partition coefficient (Wildman–Crippen LogP) is 1.96. The lowest BCUT2D eigenvalue weighted by Crippen LogP contribution is -2.05. The number of allylic oxidation sites excluding steroid dienone is 1. The lowest BCUT2D eigenvalue weighted by atomic mass is 10.1. The van der Waals surface area contributed by atoms with Gasteiger partial charge in [0, 0.05) is 6.08 Å². The number of aliphatic hydroxyl groups excluding tert-OH is 1. The number of hydrogen-bond donors (Lipinski definition) is 2. The fraction of sp³-hybridized carbons (Fsp3) is 0.700. The van der Waals surface area contributed by atoms with Gasteiger partial charge in [0.15, 0.2) is 0 Å². The molecule has 0 spiro atoms. The predicted molar refractivity (Wildman–Crippen MR) is 51.5 cm³/mol. The van der Waals surface area contributed by atoms with Gasteiger partial charge >= 0.3 is 5.97 Å². The van der Waals surface area contributed by atoms with Crippen molar-refractivity contribution >= 4 is 5.97 Å². The average molecular weight is 186 g/mol. The quantitative estimate of drug-likeness (QED) is 0.597. The minimum atomic E-state index is -0.928. The maximum Gasteiger partial charge on any atom is 0.327 e. The van der Waals surface area contributed by atoms with Gasteiger partial charge in [0.05, 0.1) is 6.10 Å². The second kappa shape index (κ2) is 7.80. The second-order valence-corrected chi connectivity index (χ2v) is 3.11. The summed E-state index contributed by atoms with van der Waals surface area (Å²) in [6.07, 6.45) is 6.65. The van der Waals surface area contributed by atoms with Crippen LogP contribution >= 0.6 is 0 Å². The van der Waals surface area contributed by atoms with Gasteiger partial charge in [0.1, 0.15) is 0 Å². The van der Waals surface area contributed by atoms with Crippen molar-refractivity contribution in [3.05, 3.63) is 12.2 Å². The molecular formula is C10H18O3. The van der Waals surface area contributed by atoms with Crippen LogP contribution in [0, 0.1) is 0 Å². The molecule has 76 valence electrons. The molecule has 0 aromatic rings. The van der Waals surface area contributed by atoms with Crippen molar-refractivity contribution in [3.8, 4) is 0 Å². The van der Waals surface area contributed by atoms with Crippen LogP contribution in [0.2, 0.25) is 0 Å². The highest BCUT2D eigenvalue weighted by molar-refractivity contribution is 5.79. The van der Waals surface area contributed by atoms with Crippen molar-refractivity contribution < 1.29 is 15.0 Å². The SMILES string of the molecule is CCCCC(O)CC/C=C/C(=O)O.